The van der Waals surface area contributed by atoms with E-state index in [9.17, 15) is 4.79 Å². The van der Waals surface area contributed by atoms with Crippen molar-refractivity contribution in [2.24, 2.45) is 4.99 Å². The number of carbonyl (C=O) groups excluding carboxylic acids is 1. The fourth-order valence-corrected chi connectivity index (χ4v) is 3.13. The number of amides is 1. The Balaban J connectivity index is 1.48. The van der Waals surface area contributed by atoms with Gasteiger partial charge in [0.05, 0.1) is 6.26 Å². The third-order valence-electron chi connectivity index (χ3n) is 4.59. The van der Waals surface area contributed by atoms with Gasteiger partial charge in [-0.15, -0.1) is 0 Å². The Morgan fingerprint density at radius 1 is 1.15 bits per heavy atom. The van der Waals surface area contributed by atoms with Gasteiger partial charge in [-0.05, 0) is 42.7 Å². The molecule has 1 aliphatic rings. The van der Waals surface area contributed by atoms with Gasteiger partial charge < -0.3 is 20.4 Å². The lowest BCUT2D eigenvalue weighted by atomic mass is 9.96. The first-order valence-corrected chi connectivity index (χ1v) is 9.15. The van der Waals surface area contributed by atoms with Crippen molar-refractivity contribution in [1.82, 2.24) is 10.6 Å². The van der Waals surface area contributed by atoms with Crippen molar-refractivity contribution in [1.29, 1.82) is 0 Å². The molecule has 138 valence electrons. The highest BCUT2D eigenvalue weighted by molar-refractivity contribution is 6.02. The SMILES string of the molecule is CN=C(NCc1ccc(NC(=O)c2ccco2)cc1)NC1CCCCC1. The topological polar surface area (TPSA) is 78.7 Å². The lowest BCUT2D eigenvalue weighted by molar-refractivity contribution is 0.0996. The molecule has 1 aromatic carbocycles. The van der Waals surface area contributed by atoms with E-state index in [2.05, 4.69) is 20.9 Å². The van der Waals surface area contributed by atoms with Crippen LogP contribution >= 0.6 is 0 Å². The van der Waals surface area contributed by atoms with Crippen molar-refractivity contribution < 1.29 is 9.21 Å². The number of hydrogen-bond donors (Lipinski definition) is 3. The van der Waals surface area contributed by atoms with E-state index in [0.29, 0.717) is 18.3 Å². The molecule has 0 aliphatic heterocycles. The summed E-state index contributed by atoms with van der Waals surface area (Å²) in [5, 5.41) is 9.67. The highest BCUT2D eigenvalue weighted by Gasteiger charge is 2.14. The predicted octanol–water partition coefficient (Wildman–Crippen LogP) is 3.53. The van der Waals surface area contributed by atoms with Crippen LogP contribution in [0.4, 0.5) is 5.69 Å². The Hall–Kier alpha value is -2.76. The molecule has 0 saturated heterocycles. The molecule has 3 rings (SSSR count). The van der Waals surface area contributed by atoms with Crippen molar-refractivity contribution >= 4 is 17.6 Å². The highest BCUT2D eigenvalue weighted by Crippen LogP contribution is 2.17. The van der Waals surface area contributed by atoms with Gasteiger partial charge in [0, 0.05) is 25.3 Å². The summed E-state index contributed by atoms with van der Waals surface area (Å²) in [7, 11) is 1.80. The average molecular weight is 354 g/mol. The van der Waals surface area contributed by atoms with Gasteiger partial charge in [-0.25, -0.2) is 0 Å². The van der Waals surface area contributed by atoms with E-state index in [0.717, 1.165) is 17.2 Å². The molecule has 0 bridgehead atoms. The summed E-state index contributed by atoms with van der Waals surface area (Å²) < 4.78 is 5.09. The molecular formula is C20H26N4O2. The number of furan rings is 1. The lowest BCUT2D eigenvalue weighted by Gasteiger charge is -2.24. The Kier molecular flexibility index (Phi) is 6.30. The Labute approximate surface area is 154 Å². The van der Waals surface area contributed by atoms with E-state index in [1.54, 1.807) is 19.2 Å². The monoisotopic (exact) mass is 354 g/mol. The fraction of sp³-hybridized carbons (Fsp3) is 0.400. The second-order valence-electron chi connectivity index (χ2n) is 6.53. The third-order valence-corrected chi connectivity index (χ3v) is 4.59. The molecule has 3 N–H and O–H groups in total. The molecule has 1 heterocycles. The first-order valence-electron chi connectivity index (χ1n) is 9.15. The molecule has 1 amide bonds. The van der Waals surface area contributed by atoms with Crippen LogP contribution in [0.3, 0.4) is 0 Å². The van der Waals surface area contributed by atoms with Crippen molar-refractivity contribution in [2.75, 3.05) is 12.4 Å². The summed E-state index contributed by atoms with van der Waals surface area (Å²) >= 11 is 0. The quantitative estimate of drug-likeness (QED) is 0.567. The second kappa shape index (κ2) is 9.08. The van der Waals surface area contributed by atoms with Crippen molar-refractivity contribution in [3.05, 3.63) is 54.0 Å². The summed E-state index contributed by atoms with van der Waals surface area (Å²) in [4.78, 5) is 16.3. The average Bonchev–Trinajstić information content (AvgIpc) is 3.22. The van der Waals surface area contributed by atoms with Crippen molar-refractivity contribution in [2.45, 2.75) is 44.7 Å². The molecule has 6 heteroatoms. The molecule has 0 radical (unpaired) electrons. The molecule has 1 fully saturated rings. The van der Waals surface area contributed by atoms with E-state index in [-0.39, 0.29) is 5.91 Å². The first-order chi connectivity index (χ1) is 12.7. The maximum Gasteiger partial charge on any atom is 0.291 e. The zero-order chi connectivity index (χ0) is 18.2. The number of nitrogens with zero attached hydrogens (tertiary/aromatic N) is 1. The van der Waals surface area contributed by atoms with Gasteiger partial charge in [-0.1, -0.05) is 31.4 Å². The maximum absolute atomic E-state index is 12.0. The Bertz CT molecular complexity index is 717. The molecule has 1 aliphatic carbocycles. The van der Waals surface area contributed by atoms with Gasteiger partial charge in [-0.3, -0.25) is 9.79 Å². The largest absolute Gasteiger partial charge is 0.459 e. The van der Waals surface area contributed by atoms with E-state index in [4.69, 9.17) is 4.42 Å². The van der Waals surface area contributed by atoms with Gasteiger partial charge in [0.2, 0.25) is 0 Å². The van der Waals surface area contributed by atoms with Crippen LogP contribution in [0, 0.1) is 0 Å². The van der Waals surface area contributed by atoms with Crippen molar-refractivity contribution in [3.8, 4) is 0 Å². The van der Waals surface area contributed by atoms with Crippen LogP contribution in [-0.4, -0.2) is 25.0 Å². The summed E-state index contributed by atoms with van der Waals surface area (Å²) in [5.74, 6) is 0.887. The molecule has 1 saturated carbocycles. The molecule has 0 unspecified atom stereocenters. The minimum atomic E-state index is -0.252. The normalized spacial score (nSPS) is 15.5. The van der Waals surface area contributed by atoms with Gasteiger partial charge in [0.15, 0.2) is 11.7 Å². The molecule has 6 nitrogen and oxygen atoms in total. The summed E-state index contributed by atoms with van der Waals surface area (Å²) in [6, 6.07) is 11.6. The van der Waals surface area contributed by atoms with E-state index in [1.807, 2.05) is 24.3 Å². The third kappa shape index (κ3) is 5.12. The van der Waals surface area contributed by atoms with Gasteiger partial charge >= 0.3 is 0 Å². The number of anilines is 1. The lowest BCUT2D eigenvalue weighted by Crippen LogP contribution is -2.43. The standard InChI is InChI=1S/C20H26N4O2/c1-21-20(24-16-6-3-2-4-7-16)22-14-15-9-11-17(12-10-15)23-19(25)18-8-5-13-26-18/h5,8-13,16H,2-4,6-7,14H2,1H3,(H,23,25)(H2,21,22,24). The highest BCUT2D eigenvalue weighted by atomic mass is 16.3. The summed E-state index contributed by atoms with van der Waals surface area (Å²) in [6.45, 7) is 0.679. The van der Waals surface area contributed by atoms with E-state index < -0.39 is 0 Å². The van der Waals surface area contributed by atoms with E-state index in [1.165, 1.54) is 38.4 Å². The Morgan fingerprint density at radius 2 is 1.92 bits per heavy atom. The summed E-state index contributed by atoms with van der Waals surface area (Å²) in [6.07, 6.45) is 7.83. The smallest absolute Gasteiger partial charge is 0.291 e. The number of aliphatic imine (C=N–C) groups is 1. The number of benzene rings is 1. The molecule has 2 aromatic rings. The van der Waals surface area contributed by atoms with Crippen LogP contribution in [0.5, 0.6) is 0 Å². The number of carbonyl (C=O) groups is 1. The maximum atomic E-state index is 12.0. The molecular weight excluding hydrogens is 328 g/mol. The van der Waals surface area contributed by atoms with Crippen LogP contribution in [0.1, 0.15) is 48.2 Å². The number of hydrogen-bond acceptors (Lipinski definition) is 3. The molecule has 0 spiro atoms. The van der Waals surface area contributed by atoms with Gasteiger partial charge in [0.25, 0.3) is 5.91 Å². The number of nitrogens with one attached hydrogen (secondary N) is 3. The Morgan fingerprint density at radius 3 is 2.58 bits per heavy atom. The fourth-order valence-electron chi connectivity index (χ4n) is 3.13. The zero-order valence-corrected chi connectivity index (χ0v) is 15.1. The predicted molar refractivity (Wildman–Crippen MR) is 103 cm³/mol. The van der Waals surface area contributed by atoms with Crippen LogP contribution < -0.4 is 16.0 Å². The molecule has 1 aromatic heterocycles. The first kappa shape index (κ1) is 18.0. The summed E-state index contributed by atoms with van der Waals surface area (Å²) in [5.41, 5.74) is 1.85. The zero-order valence-electron chi connectivity index (χ0n) is 15.1. The van der Waals surface area contributed by atoms with Gasteiger partial charge in [0.1, 0.15) is 0 Å². The van der Waals surface area contributed by atoms with Crippen molar-refractivity contribution in [3.63, 3.8) is 0 Å². The number of guanidine groups is 1. The van der Waals surface area contributed by atoms with Crippen LogP contribution in [-0.2, 0) is 6.54 Å². The van der Waals surface area contributed by atoms with E-state index >= 15 is 0 Å². The van der Waals surface area contributed by atoms with Crippen LogP contribution in [0.25, 0.3) is 0 Å². The minimum absolute atomic E-state index is 0.252. The molecule has 0 atom stereocenters. The minimum Gasteiger partial charge on any atom is -0.459 e. The number of rotatable bonds is 5. The van der Waals surface area contributed by atoms with Crippen LogP contribution in [0.15, 0.2) is 52.1 Å². The second-order valence-corrected chi connectivity index (χ2v) is 6.53. The van der Waals surface area contributed by atoms with Gasteiger partial charge in [-0.2, -0.15) is 0 Å². The van der Waals surface area contributed by atoms with Crippen LogP contribution in [0.2, 0.25) is 0 Å². The molecule has 26 heavy (non-hydrogen) atoms.